The van der Waals surface area contributed by atoms with Crippen LogP contribution in [0.25, 0.3) is 0 Å². The van der Waals surface area contributed by atoms with Crippen LogP contribution < -0.4 is 0 Å². The Kier molecular flexibility index (Phi) is 4.73. The summed E-state index contributed by atoms with van der Waals surface area (Å²) in [5.74, 6) is -0.729. The highest BCUT2D eigenvalue weighted by Crippen LogP contribution is 2.20. The van der Waals surface area contributed by atoms with Gasteiger partial charge in [0, 0.05) is 25.8 Å². The molecule has 1 unspecified atom stereocenters. The summed E-state index contributed by atoms with van der Waals surface area (Å²) in [6, 6.07) is 0. The highest BCUT2D eigenvalue weighted by Gasteiger charge is 2.28. The lowest BCUT2D eigenvalue weighted by Gasteiger charge is -2.34. The van der Waals surface area contributed by atoms with E-state index in [0.29, 0.717) is 19.6 Å². The standard InChI is InChI=1S/C15H23N3O4/c1-15(2,3)22-14(21)17-6-4-5-11(8-17)9-18-10-12(7-16-18)13(19)20/h7,10-11H,4-6,8-9H2,1-3H3,(H,19,20). The lowest BCUT2D eigenvalue weighted by atomic mass is 9.98. The molecular weight excluding hydrogens is 286 g/mol. The summed E-state index contributed by atoms with van der Waals surface area (Å²) in [6.07, 6.45) is 4.48. The van der Waals surface area contributed by atoms with Gasteiger partial charge in [0.25, 0.3) is 0 Å². The number of aromatic nitrogens is 2. The first-order valence-corrected chi connectivity index (χ1v) is 7.48. The second kappa shape index (κ2) is 6.37. The van der Waals surface area contributed by atoms with Crippen molar-refractivity contribution in [3.8, 4) is 0 Å². The quantitative estimate of drug-likeness (QED) is 0.925. The van der Waals surface area contributed by atoms with Crippen molar-refractivity contribution >= 4 is 12.1 Å². The maximum absolute atomic E-state index is 12.1. The Morgan fingerprint density at radius 1 is 1.45 bits per heavy atom. The molecule has 0 aromatic carbocycles. The Hall–Kier alpha value is -2.05. The zero-order valence-corrected chi connectivity index (χ0v) is 13.3. The summed E-state index contributed by atoms with van der Waals surface area (Å²) in [7, 11) is 0. The number of aromatic carboxylic acids is 1. The molecule has 1 atom stereocenters. The molecule has 1 fully saturated rings. The van der Waals surface area contributed by atoms with Crippen LogP contribution >= 0.6 is 0 Å². The summed E-state index contributed by atoms with van der Waals surface area (Å²) in [5.41, 5.74) is -0.317. The summed E-state index contributed by atoms with van der Waals surface area (Å²) in [4.78, 5) is 24.7. The van der Waals surface area contributed by atoms with Crippen molar-refractivity contribution in [2.45, 2.75) is 45.8 Å². The number of rotatable bonds is 3. The summed E-state index contributed by atoms with van der Waals surface area (Å²) in [6.45, 7) is 7.46. The molecule has 122 valence electrons. The van der Waals surface area contributed by atoms with Crippen LogP contribution in [0, 0.1) is 5.92 Å². The SMILES string of the molecule is CC(C)(C)OC(=O)N1CCCC(Cn2cc(C(=O)O)cn2)C1. The molecule has 1 aromatic heterocycles. The number of carbonyl (C=O) groups excluding carboxylic acids is 1. The van der Waals surface area contributed by atoms with E-state index >= 15 is 0 Å². The van der Waals surface area contributed by atoms with Gasteiger partial charge in [-0.1, -0.05) is 0 Å². The van der Waals surface area contributed by atoms with Gasteiger partial charge in [0.2, 0.25) is 0 Å². The molecule has 2 rings (SSSR count). The number of carbonyl (C=O) groups is 2. The van der Waals surface area contributed by atoms with E-state index in [1.54, 1.807) is 9.58 Å². The molecule has 7 heteroatoms. The normalized spacial score (nSPS) is 19.0. The van der Waals surface area contributed by atoms with Crippen LogP contribution in [0.1, 0.15) is 44.0 Å². The number of piperidine rings is 1. The molecule has 1 aromatic rings. The number of amides is 1. The van der Waals surface area contributed by atoms with Gasteiger partial charge in [0.1, 0.15) is 5.60 Å². The highest BCUT2D eigenvalue weighted by molar-refractivity contribution is 5.86. The number of ether oxygens (including phenoxy) is 1. The minimum Gasteiger partial charge on any atom is -0.478 e. The van der Waals surface area contributed by atoms with E-state index in [1.807, 2.05) is 20.8 Å². The van der Waals surface area contributed by atoms with E-state index in [0.717, 1.165) is 12.8 Å². The van der Waals surface area contributed by atoms with Crippen LogP contribution in [-0.2, 0) is 11.3 Å². The van der Waals surface area contributed by atoms with Gasteiger partial charge < -0.3 is 14.7 Å². The van der Waals surface area contributed by atoms with Crippen LogP contribution in [0.5, 0.6) is 0 Å². The van der Waals surface area contributed by atoms with Gasteiger partial charge in [-0.3, -0.25) is 4.68 Å². The van der Waals surface area contributed by atoms with E-state index in [4.69, 9.17) is 9.84 Å². The minimum atomic E-state index is -0.981. The molecule has 0 spiro atoms. The Balaban J connectivity index is 1.92. The average Bonchev–Trinajstić information content (AvgIpc) is 2.86. The van der Waals surface area contributed by atoms with Gasteiger partial charge in [-0.15, -0.1) is 0 Å². The molecule has 1 aliphatic heterocycles. The van der Waals surface area contributed by atoms with E-state index in [9.17, 15) is 9.59 Å². The lowest BCUT2D eigenvalue weighted by Crippen LogP contribution is -2.43. The zero-order valence-electron chi connectivity index (χ0n) is 13.3. The molecule has 22 heavy (non-hydrogen) atoms. The summed E-state index contributed by atoms with van der Waals surface area (Å²) < 4.78 is 7.03. The molecule has 0 bridgehead atoms. The number of carboxylic acids is 1. The van der Waals surface area contributed by atoms with Crippen molar-refractivity contribution in [1.82, 2.24) is 14.7 Å². The third kappa shape index (κ3) is 4.47. The molecule has 1 N–H and O–H groups in total. The Morgan fingerprint density at radius 2 is 2.18 bits per heavy atom. The summed E-state index contributed by atoms with van der Waals surface area (Å²) in [5, 5.41) is 13.0. The first kappa shape index (κ1) is 16.3. The fraction of sp³-hybridized carbons (Fsp3) is 0.667. The fourth-order valence-electron chi connectivity index (χ4n) is 2.54. The predicted molar refractivity (Wildman–Crippen MR) is 79.7 cm³/mol. The van der Waals surface area contributed by atoms with Gasteiger partial charge in [-0.2, -0.15) is 5.10 Å². The third-order valence-corrected chi connectivity index (χ3v) is 3.50. The fourth-order valence-corrected chi connectivity index (χ4v) is 2.54. The maximum Gasteiger partial charge on any atom is 0.410 e. The lowest BCUT2D eigenvalue weighted by molar-refractivity contribution is 0.0155. The minimum absolute atomic E-state index is 0.180. The van der Waals surface area contributed by atoms with Crippen molar-refractivity contribution in [1.29, 1.82) is 0 Å². The van der Waals surface area contributed by atoms with Gasteiger partial charge in [0.15, 0.2) is 0 Å². The van der Waals surface area contributed by atoms with E-state index in [-0.39, 0.29) is 17.6 Å². The van der Waals surface area contributed by atoms with E-state index in [1.165, 1.54) is 12.4 Å². The van der Waals surface area contributed by atoms with Crippen molar-refractivity contribution in [3.05, 3.63) is 18.0 Å². The molecular formula is C15H23N3O4. The Morgan fingerprint density at radius 3 is 2.77 bits per heavy atom. The molecule has 1 amide bonds. The Labute approximate surface area is 129 Å². The first-order valence-electron chi connectivity index (χ1n) is 7.48. The van der Waals surface area contributed by atoms with Gasteiger partial charge in [-0.05, 0) is 39.5 Å². The second-order valence-electron chi connectivity index (χ2n) is 6.69. The van der Waals surface area contributed by atoms with Crippen molar-refractivity contribution in [2.24, 2.45) is 5.92 Å². The molecule has 0 aliphatic carbocycles. The number of nitrogens with zero attached hydrogens (tertiary/aromatic N) is 3. The maximum atomic E-state index is 12.1. The number of likely N-dealkylation sites (tertiary alicyclic amines) is 1. The molecule has 2 heterocycles. The molecule has 1 saturated heterocycles. The van der Waals surface area contributed by atoms with Gasteiger partial charge >= 0.3 is 12.1 Å². The molecule has 0 radical (unpaired) electrons. The van der Waals surface area contributed by atoms with Crippen molar-refractivity contribution < 1.29 is 19.4 Å². The number of hydrogen-bond donors (Lipinski definition) is 1. The molecule has 1 aliphatic rings. The van der Waals surface area contributed by atoms with Crippen LogP contribution in [0.15, 0.2) is 12.4 Å². The van der Waals surface area contributed by atoms with E-state index < -0.39 is 11.6 Å². The zero-order chi connectivity index (χ0) is 16.3. The van der Waals surface area contributed by atoms with E-state index in [2.05, 4.69) is 5.10 Å². The topological polar surface area (TPSA) is 84.7 Å². The Bertz CT molecular complexity index is 547. The van der Waals surface area contributed by atoms with Gasteiger partial charge in [-0.25, -0.2) is 9.59 Å². The average molecular weight is 309 g/mol. The monoisotopic (exact) mass is 309 g/mol. The molecule has 7 nitrogen and oxygen atoms in total. The van der Waals surface area contributed by atoms with Gasteiger partial charge in [0.05, 0.1) is 11.8 Å². The number of hydrogen-bond acceptors (Lipinski definition) is 4. The third-order valence-electron chi connectivity index (χ3n) is 3.50. The van der Waals surface area contributed by atoms with Crippen LogP contribution in [0.2, 0.25) is 0 Å². The van der Waals surface area contributed by atoms with Crippen LogP contribution in [-0.4, -0.2) is 50.5 Å². The number of carboxylic acid groups (broad SMARTS) is 1. The summed E-state index contributed by atoms with van der Waals surface area (Å²) >= 11 is 0. The van der Waals surface area contributed by atoms with Crippen LogP contribution in [0.3, 0.4) is 0 Å². The first-order chi connectivity index (χ1) is 10.2. The van der Waals surface area contributed by atoms with Crippen LogP contribution in [0.4, 0.5) is 4.79 Å². The smallest absolute Gasteiger partial charge is 0.410 e. The van der Waals surface area contributed by atoms with Crippen molar-refractivity contribution in [2.75, 3.05) is 13.1 Å². The predicted octanol–water partition coefficient (Wildman–Crippen LogP) is 2.23. The largest absolute Gasteiger partial charge is 0.478 e. The second-order valence-corrected chi connectivity index (χ2v) is 6.69. The molecule has 0 saturated carbocycles. The highest BCUT2D eigenvalue weighted by atomic mass is 16.6. The van der Waals surface area contributed by atoms with Crippen molar-refractivity contribution in [3.63, 3.8) is 0 Å².